The van der Waals surface area contributed by atoms with E-state index in [0.717, 1.165) is 33.2 Å². The van der Waals surface area contributed by atoms with Gasteiger partial charge in [0, 0.05) is 28.7 Å². The van der Waals surface area contributed by atoms with E-state index in [1.807, 2.05) is 20.0 Å². The molecule has 0 atom stereocenters. The first-order valence-corrected chi connectivity index (χ1v) is 7.97. The average molecular weight is 347 g/mol. The van der Waals surface area contributed by atoms with Gasteiger partial charge in [0.05, 0.1) is 0 Å². The van der Waals surface area contributed by atoms with Gasteiger partial charge in [-0.2, -0.15) is 0 Å². The molecule has 0 aliphatic heterocycles. The molecule has 0 radical (unpaired) electrons. The molecular formula is C16H19BrN4. The lowest BCUT2D eigenvalue weighted by Gasteiger charge is -2.15. The van der Waals surface area contributed by atoms with Crippen LogP contribution in [0.15, 0.2) is 22.7 Å². The van der Waals surface area contributed by atoms with Crippen LogP contribution in [0, 0.1) is 13.8 Å². The Balaban J connectivity index is 1.98. The average Bonchev–Trinajstić information content (AvgIpc) is 3.28. The Morgan fingerprint density at radius 2 is 1.86 bits per heavy atom. The van der Waals surface area contributed by atoms with Gasteiger partial charge in [0.25, 0.3) is 0 Å². The Hall–Kier alpha value is -1.62. The number of nitrogens with one attached hydrogen (secondary N) is 2. The fraction of sp³-hybridized carbons (Fsp3) is 0.375. The van der Waals surface area contributed by atoms with E-state index in [2.05, 4.69) is 50.6 Å². The molecule has 1 aromatic carbocycles. The Kier molecular flexibility index (Phi) is 3.85. The van der Waals surface area contributed by atoms with Crippen LogP contribution in [-0.4, -0.2) is 17.0 Å². The summed E-state index contributed by atoms with van der Waals surface area (Å²) in [7, 11) is 1.90. The van der Waals surface area contributed by atoms with Gasteiger partial charge in [-0.05, 0) is 50.5 Å². The third kappa shape index (κ3) is 3.02. The van der Waals surface area contributed by atoms with Crippen molar-refractivity contribution in [3.63, 3.8) is 0 Å². The summed E-state index contributed by atoms with van der Waals surface area (Å²) < 4.78 is 1.08. The Bertz CT molecular complexity index is 680. The second-order valence-corrected chi connectivity index (χ2v) is 6.43. The van der Waals surface area contributed by atoms with Gasteiger partial charge >= 0.3 is 0 Å². The Morgan fingerprint density at radius 1 is 1.14 bits per heavy atom. The molecule has 3 rings (SSSR count). The highest BCUT2D eigenvalue weighted by Gasteiger charge is 2.28. The van der Waals surface area contributed by atoms with Crippen molar-refractivity contribution in [3.8, 4) is 0 Å². The first-order valence-electron chi connectivity index (χ1n) is 7.18. The lowest BCUT2D eigenvalue weighted by atomic mass is 10.2. The molecule has 4 nitrogen and oxygen atoms in total. The topological polar surface area (TPSA) is 49.8 Å². The molecule has 2 N–H and O–H groups in total. The lowest BCUT2D eigenvalue weighted by molar-refractivity contribution is 0.923. The standard InChI is InChI=1S/C16H19BrN4/c1-9-8-12(17)6-7-13(9)19-15-10(2)14(18-3)20-16(21-15)11-4-5-11/h6-8,11H,4-5H2,1-3H3,(H2,18,19,20,21). The predicted octanol–water partition coefficient (Wildman–Crippen LogP) is 4.52. The normalized spacial score (nSPS) is 14.1. The van der Waals surface area contributed by atoms with Crippen LogP contribution in [0.4, 0.5) is 17.3 Å². The van der Waals surface area contributed by atoms with Crippen molar-refractivity contribution in [1.82, 2.24) is 9.97 Å². The maximum absolute atomic E-state index is 4.73. The highest BCUT2D eigenvalue weighted by Crippen LogP contribution is 2.40. The van der Waals surface area contributed by atoms with Gasteiger partial charge in [0.2, 0.25) is 0 Å². The predicted molar refractivity (Wildman–Crippen MR) is 90.5 cm³/mol. The maximum Gasteiger partial charge on any atom is 0.139 e. The molecule has 0 bridgehead atoms. The molecule has 1 aliphatic carbocycles. The quantitative estimate of drug-likeness (QED) is 0.854. The minimum Gasteiger partial charge on any atom is -0.373 e. The molecule has 1 aliphatic rings. The number of nitrogens with zero attached hydrogens (tertiary/aromatic N) is 2. The van der Waals surface area contributed by atoms with Gasteiger partial charge in [0.1, 0.15) is 17.5 Å². The summed E-state index contributed by atoms with van der Waals surface area (Å²) in [5, 5.41) is 6.62. The van der Waals surface area contributed by atoms with E-state index in [-0.39, 0.29) is 0 Å². The number of benzene rings is 1. The van der Waals surface area contributed by atoms with Crippen LogP contribution in [0.2, 0.25) is 0 Å². The van der Waals surface area contributed by atoms with Crippen LogP contribution in [0.25, 0.3) is 0 Å². The first-order chi connectivity index (χ1) is 10.1. The molecule has 2 aromatic rings. The fourth-order valence-corrected chi connectivity index (χ4v) is 2.79. The zero-order valence-corrected chi connectivity index (χ0v) is 14.1. The zero-order valence-electron chi connectivity index (χ0n) is 12.5. The molecule has 1 fully saturated rings. The summed E-state index contributed by atoms with van der Waals surface area (Å²) >= 11 is 3.49. The van der Waals surface area contributed by atoms with E-state index in [0.29, 0.717) is 5.92 Å². The van der Waals surface area contributed by atoms with E-state index in [1.165, 1.54) is 18.4 Å². The molecule has 0 amide bonds. The van der Waals surface area contributed by atoms with Crippen LogP contribution in [0.3, 0.4) is 0 Å². The van der Waals surface area contributed by atoms with Crippen molar-refractivity contribution >= 4 is 33.3 Å². The SMILES string of the molecule is CNc1nc(C2CC2)nc(Nc2ccc(Br)cc2C)c1C. The smallest absolute Gasteiger partial charge is 0.139 e. The molecular weight excluding hydrogens is 328 g/mol. The summed E-state index contributed by atoms with van der Waals surface area (Å²) in [4.78, 5) is 9.35. The Labute approximate surface area is 133 Å². The number of aromatic nitrogens is 2. The highest BCUT2D eigenvalue weighted by atomic mass is 79.9. The van der Waals surface area contributed by atoms with Crippen LogP contribution in [0.5, 0.6) is 0 Å². The van der Waals surface area contributed by atoms with E-state index in [1.54, 1.807) is 0 Å². The molecule has 110 valence electrons. The zero-order chi connectivity index (χ0) is 15.0. The van der Waals surface area contributed by atoms with Gasteiger partial charge in [-0.25, -0.2) is 9.97 Å². The third-order valence-electron chi connectivity index (χ3n) is 3.78. The molecule has 0 saturated heterocycles. The number of anilines is 3. The van der Waals surface area contributed by atoms with Crippen LogP contribution < -0.4 is 10.6 Å². The van der Waals surface area contributed by atoms with Crippen molar-refractivity contribution in [2.45, 2.75) is 32.6 Å². The molecule has 5 heteroatoms. The first kappa shape index (κ1) is 14.3. The Morgan fingerprint density at radius 3 is 2.48 bits per heavy atom. The summed E-state index contributed by atoms with van der Waals surface area (Å²) in [6.45, 7) is 4.13. The van der Waals surface area contributed by atoms with E-state index >= 15 is 0 Å². The number of aryl methyl sites for hydroxylation is 1. The summed E-state index contributed by atoms with van der Waals surface area (Å²) in [5.74, 6) is 3.28. The number of rotatable bonds is 4. The molecule has 1 heterocycles. The molecule has 1 aromatic heterocycles. The van der Waals surface area contributed by atoms with E-state index in [4.69, 9.17) is 4.98 Å². The molecule has 21 heavy (non-hydrogen) atoms. The molecule has 0 spiro atoms. The van der Waals surface area contributed by atoms with Crippen molar-refractivity contribution in [1.29, 1.82) is 0 Å². The minimum absolute atomic E-state index is 0.532. The number of hydrogen-bond acceptors (Lipinski definition) is 4. The van der Waals surface area contributed by atoms with Gasteiger partial charge in [-0.1, -0.05) is 15.9 Å². The van der Waals surface area contributed by atoms with Gasteiger partial charge < -0.3 is 10.6 Å². The van der Waals surface area contributed by atoms with Crippen LogP contribution in [-0.2, 0) is 0 Å². The minimum atomic E-state index is 0.532. The second-order valence-electron chi connectivity index (χ2n) is 5.51. The number of halogens is 1. The second kappa shape index (κ2) is 5.64. The summed E-state index contributed by atoms with van der Waals surface area (Å²) in [5.41, 5.74) is 3.30. The largest absolute Gasteiger partial charge is 0.373 e. The molecule has 1 saturated carbocycles. The van der Waals surface area contributed by atoms with E-state index < -0.39 is 0 Å². The molecule has 0 unspecified atom stereocenters. The van der Waals surface area contributed by atoms with Crippen molar-refractivity contribution in [2.24, 2.45) is 0 Å². The third-order valence-corrected chi connectivity index (χ3v) is 4.28. The van der Waals surface area contributed by atoms with Crippen molar-refractivity contribution in [2.75, 3.05) is 17.7 Å². The van der Waals surface area contributed by atoms with Crippen LogP contribution >= 0.6 is 15.9 Å². The maximum atomic E-state index is 4.73. The van der Waals surface area contributed by atoms with E-state index in [9.17, 15) is 0 Å². The van der Waals surface area contributed by atoms with Crippen LogP contribution in [0.1, 0.15) is 35.7 Å². The lowest BCUT2D eigenvalue weighted by Crippen LogP contribution is -2.07. The van der Waals surface area contributed by atoms with Gasteiger partial charge in [-0.3, -0.25) is 0 Å². The van der Waals surface area contributed by atoms with Gasteiger partial charge in [0.15, 0.2) is 0 Å². The van der Waals surface area contributed by atoms with Crippen molar-refractivity contribution < 1.29 is 0 Å². The fourth-order valence-electron chi connectivity index (χ4n) is 2.32. The monoisotopic (exact) mass is 346 g/mol. The highest BCUT2D eigenvalue weighted by molar-refractivity contribution is 9.10. The van der Waals surface area contributed by atoms with Gasteiger partial charge in [-0.15, -0.1) is 0 Å². The summed E-state index contributed by atoms with van der Waals surface area (Å²) in [6, 6.07) is 6.20. The number of hydrogen-bond donors (Lipinski definition) is 2. The summed E-state index contributed by atoms with van der Waals surface area (Å²) in [6.07, 6.45) is 2.39. The van der Waals surface area contributed by atoms with Crippen molar-refractivity contribution in [3.05, 3.63) is 39.6 Å².